The van der Waals surface area contributed by atoms with Crippen LogP contribution in [-0.2, 0) is 24.8 Å². The maximum absolute atomic E-state index is 12.9. The van der Waals surface area contributed by atoms with Crippen LogP contribution in [0.2, 0.25) is 0 Å². The van der Waals surface area contributed by atoms with E-state index in [1.165, 1.54) is 16.0 Å². The molecule has 30 heavy (non-hydrogen) atoms. The number of rotatable bonds is 6. The highest BCUT2D eigenvalue weighted by atomic mass is 16.3. The average Bonchev–Trinajstić information content (AvgIpc) is 3.23. The molecule has 0 radical (unpaired) electrons. The van der Waals surface area contributed by atoms with E-state index >= 15 is 0 Å². The van der Waals surface area contributed by atoms with Gasteiger partial charge in [-0.15, -0.1) is 0 Å². The van der Waals surface area contributed by atoms with Crippen molar-refractivity contribution in [3.63, 3.8) is 0 Å². The normalized spacial score (nSPS) is 17.9. The van der Waals surface area contributed by atoms with Crippen LogP contribution in [0.3, 0.4) is 0 Å². The van der Waals surface area contributed by atoms with Gasteiger partial charge in [0.05, 0.1) is 6.61 Å². The van der Waals surface area contributed by atoms with Crippen LogP contribution in [0.15, 0.2) is 29.1 Å². The van der Waals surface area contributed by atoms with E-state index in [0.29, 0.717) is 25.3 Å². The van der Waals surface area contributed by atoms with Gasteiger partial charge in [-0.25, -0.2) is 0 Å². The third-order valence-corrected chi connectivity index (χ3v) is 6.70. The van der Waals surface area contributed by atoms with E-state index in [1.54, 1.807) is 4.57 Å². The molecule has 1 amide bonds. The molecule has 1 aromatic carbocycles. The van der Waals surface area contributed by atoms with Gasteiger partial charge in [0.25, 0.3) is 5.91 Å². The Hall–Kier alpha value is -2.67. The van der Waals surface area contributed by atoms with Gasteiger partial charge in [-0.2, -0.15) is 4.98 Å². The SMILES string of the molecule is CCc1cccc(C2(Cc3nc(=O)c(O)c4n3CCN(CCO)C4=O)CCCC2)c1. The molecule has 4 rings (SSSR count). The Morgan fingerprint density at radius 2 is 1.93 bits per heavy atom. The Labute approximate surface area is 176 Å². The van der Waals surface area contributed by atoms with E-state index in [4.69, 9.17) is 0 Å². The summed E-state index contributed by atoms with van der Waals surface area (Å²) in [5.41, 5.74) is 1.67. The molecule has 2 aromatic rings. The predicted octanol–water partition coefficient (Wildman–Crippen LogP) is 2.01. The molecule has 1 saturated carbocycles. The molecular formula is C23H29N3O4. The van der Waals surface area contributed by atoms with Crippen molar-refractivity contribution in [3.05, 3.63) is 57.3 Å². The molecule has 7 nitrogen and oxygen atoms in total. The Morgan fingerprint density at radius 1 is 1.17 bits per heavy atom. The molecule has 1 aliphatic heterocycles. The van der Waals surface area contributed by atoms with Gasteiger partial charge < -0.3 is 19.7 Å². The molecule has 7 heteroatoms. The average molecular weight is 412 g/mol. The van der Waals surface area contributed by atoms with Crippen LogP contribution in [0.4, 0.5) is 0 Å². The molecule has 0 spiro atoms. The summed E-state index contributed by atoms with van der Waals surface area (Å²) in [4.78, 5) is 31.0. The van der Waals surface area contributed by atoms with Crippen molar-refractivity contribution in [2.45, 2.75) is 57.4 Å². The number of carbonyl (C=O) groups is 1. The second-order valence-electron chi connectivity index (χ2n) is 8.42. The zero-order valence-corrected chi connectivity index (χ0v) is 17.4. The number of carbonyl (C=O) groups excluding carboxylic acids is 1. The molecule has 2 heterocycles. The fraction of sp³-hybridized carbons (Fsp3) is 0.522. The van der Waals surface area contributed by atoms with E-state index in [1.807, 2.05) is 0 Å². The monoisotopic (exact) mass is 411 g/mol. The fourth-order valence-electron chi connectivity index (χ4n) is 5.03. The maximum atomic E-state index is 12.9. The summed E-state index contributed by atoms with van der Waals surface area (Å²) >= 11 is 0. The predicted molar refractivity (Wildman–Crippen MR) is 113 cm³/mol. The standard InChI is InChI=1S/C23H29N3O4/c1-2-16-6-5-7-17(14-16)23(8-3-4-9-23)15-18-24-21(29)20(28)19-22(30)25(12-13-27)10-11-26(18)19/h5-7,14,27-28H,2-4,8-13,15H2,1H3. The number of amides is 1. The van der Waals surface area contributed by atoms with Crippen LogP contribution in [-0.4, -0.2) is 50.3 Å². The van der Waals surface area contributed by atoms with Crippen LogP contribution in [0.5, 0.6) is 5.75 Å². The number of fused-ring (bicyclic) bond motifs is 1. The molecule has 0 bridgehead atoms. The summed E-state index contributed by atoms with van der Waals surface area (Å²) < 4.78 is 1.72. The smallest absolute Gasteiger partial charge is 0.315 e. The van der Waals surface area contributed by atoms with E-state index in [9.17, 15) is 19.8 Å². The molecule has 1 aliphatic carbocycles. The van der Waals surface area contributed by atoms with Crippen LogP contribution in [0.25, 0.3) is 0 Å². The minimum Gasteiger partial charge on any atom is -0.501 e. The lowest BCUT2D eigenvalue weighted by molar-refractivity contribution is 0.0656. The highest BCUT2D eigenvalue weighted by Crippen LogP contribution is 2.44. The Kier molecular flexibility index (Phi) is 5.64. The van der Waals surface area contributed by atoms with Crippen LogP contribution >= 0.6 is 0 Å². The number of aliphatic hydroxyl groups is 1. The maximum Gasteiger partial charge on any atom is 0.315 e. The summed E-state index contributed by atoms with van der Waals surface area (Å²) in [5.74, 6) is -0.463. The summed E-state index contributed by atoms with van der Waals surface area (Å²) in [6, 6.07) is 8.64. The Balaban J connectivity index is 1.78. The quantitative estimate of drug-likeness (QED) is 0.758. The van der Waals surface area contributed by atoms with Gasteiger partial charge in [-0.1, -0.05) is 44.0 Å². The van der Waals surface area contributed by atoms with Crippen molar-refractivity contribution >= 4 is 5.91 Å². The van der Waals surface area contributed by atoms with Crippen molar-refractivity contribution < 1.29 is 15.0 Å². The van der Waals surface area contributed by atoms with Crippen LogP contribution in [0.1, 0.15) is 60.0 Å². The first-order valence-corrected chi connectivity index (χ1v) is 10.8. The lowest BCUT2D eigenvalue weighted by Crippen LogP contribution is -2.45. The van der Waals surface area contributed by atoms with E-state index in [-0.39, 0.29) is 24.3 Å². The van der Waals surface area contributed by atoms with Crippen molar-refractivity contribution in [1.82, 2.24) is 14.5 Å². The highest BCUT2D eigenvalue weighted by molar-refractivity contribution is 5.95. The number of aliphatic hydroxyl groups excluding tert-OH is 1. The van der Waals surface area contributed by atoms with E-state index in [0.717, 1.165) is 32.1 Å². The number of benzene rings is 1. The Morgan fingerprint density at radius 3 is 2.63 bits per heavy atom. The highest BCUT2D eigenvalue weighted by Gasteiger charge is 2.39. The van der Waals surface area contributed by atoms with Gasteiger partial charge in [0.2, 0.25) is 5.75 Å². The van der Waals surface area contributed by atoms with Gasteiger partial charge in [0.1, 0.15) is 5.82 Å². The van der Waals surface area contributed by atoms with Gasteiger partial charge in [0, 0.05) is 31.5 Å². The third kappa shape index (κ3) is 3.51. The molecule has 1 aromatic heterocycles. The minimum absolute atomic E-state index is 0.000144. The molecule has 0 unspecified atom stereocenters. The molecular weight excluding hydrogens is 382 g/mol. The summed E-state index contributed by atoms with van der Waals surface area (Å²) in [5, 5.41) is 19.5. The van der Waals surface area contributed by atoms with Gasteiger partial charge in [0.15, 0.2) is 5.69 Å². The second kappa shape index (κ2) is 8.22. The van der Waals surface area contributed by atoms with E-state index in [2.05, 4.69) is 36.2 Å². The number of aromatic nitrogens is 2. The number of nitrogens with zero attached hydrogens (tertiary/aromatic N) is 3. The molecule has 0 saturated heterocycles. The summed E-state index contributed by atoms with van der Waals surface area (Å²) in [6.07, 6.45) is 5.79. The molecule has 160 valence electrons. The number of hydrogen-bond donors (Lipinski definition) is 2. The van der Waals surface area contributed by atoms with Crippen molar-refractivity contribution in [1.29, 1.82) is 0 Å². The zero-order chi connectivity index (χ0) is 21.3. The number of aryl methyl sites for hydroxylation is 1. The zero-order valence-electron chi connectivity index (χ0n) is 17.4. The first-order valence-electron chi connectivity index (χ1n) is 10.8. The molecule has 2 aliphatic rings. The number of aromatic hydroxyl groups is 1. The number of hydrogen-bond acceptors (Lipinski definition) is 5. The minimum atomic E-state index is -0.758. The first kappa shape index (κ1) is 20.6. The van der Waals surface area contributed by atoms with Gasteiger partial charge in [-0.3, -0.25) is 9.59 Å². The van der Waals surface area contributed by atoms with Crippen molar-refractivity contribution in [3.8, 4) is 5.75 Å². The molecule has 1 fully saturated rings. The molecule has 2 N–H and O–H groups in total. The third-order valence-electron chi connectivity index (χ3n) is 6.70. The Bertz CT molecular complexity index is 1010. The largest absolute Gasteiger partial charge is 0.501 e. The molecule has 0 atom stereocenters. The second-order valence-corrected chi connectivity index (χ2v) is 8.42. The summed E-state index contributed by atoms with van der Waals surface area (Å²) in [6.45, 7) is 3.02. The van der Waals surface area contributed by atoms with Crippen molar-refractivity contribution in [2.24, 2.45) is 0 Å². The van der Waals surface area contributed by atoms with Crippen LogP contribution < -0.4 is 5.56 Å². The topological polar surface area (TPSA) is 95.7 Å². The van der Waals surface area contributed by atoms with E-state index < -0.39 is 17.2 Å². The first-order chi connectivity index (χ1) is 14.5. The lowest BCUT2D eigenvalue weighted by Gasteiger charge is -2.34. The van der Waals surface area contributed by atoms with Gasteiger partial charge >= 0.3 is 5.56 Å². The van der Waals surface area contributed by atoms with Crippen molar-refractivity contribution in [2.75, 3.05) is 19.7 Å². The fourth-order valence-corrected chi connectivity index (χ4v) is 5.03. The van der Waals surface area contributed by atoms with Crippen LogP contribution in [0, 0.1) is 0 Å². The lowest BCUT2D eigenvalue weighted by atomic mass is 9.75. The van der Waals surface area contributed by atoms with Gasteiger partial charge in [-0.05, 0) is 30.4 Å². The number of β-amino-alcohol motifs (C(OH)–C–C–N with tert-alkyl or cyclic N) is 1. The summed E-state index contributed by atoms with van der Waals surface area (Å²) in [7, 11) is 0.